The number of nitrogens with one attached hydrogen (secondary N) is 3. The number of hydrogen-bond donors (Lipinski definition) is 4. The molecule has 5 N–H and O–H groups in total. The zero-order valence-corrected chi connectivity index (χ0v) is 20.1. The molecule has 1 amide bonds. The lowest BCUT2D eigenvalue weighted by molar-refractivity contribution is -0.126. The molecule has 35 heavy (non-hydrogen) atoms. The number of carbonyl (C=O) groups excluding carboxylic acids is 1. The summed E-state index contributed by atoms with van der Waals surface area (Å²) in [5.74, 6) is -1.27. The van der Waals surface area contributed by atoms with Crippen LogP contribution in [0.1, 0.15) is 25.3 Å². The molecule has 13 heteroatoms. The smallest absolute Gasteiger partial charge is 0.276 e. The lowest BCUT2D eigenvalue weighted by Gasteiger charge is -2.41. The van der Waals surface area contributed by atoms with Crippen LogP contribution >= 0.6 is 0 Å². The molecule has 1 fully saturated rings. The normalized spacial score (nSPS) is 18.6. The van der Waals surface area contributed by atoms with Crippen molar-refractivity contribution in [3.8, 4) is 0 Å². The summed E-state index contributed by atoms with van der Waals surface area (Å²) in [6.07, 6.45) is 2.22. The highest BCUT2D eigenvalue weighted by Gasteiger charge is 2.33. The quantitative estimate of drug-likeness (QED) is 0.211. The Morgan fingerprint density at radius 2 is 2.09 bits per heavy atom. The number of amides is 1. The first-order valence-corrected chi connectivity index (χ1v) is 12.3. The number of aromatic nitrogens is 1. The molecule has 3 unspecified atom stereocenters. The van der Waals surface area contributed by atoms with E-state index in [1.807, 2.05) is 6.92 Å². The van der Waals surface area contributed by atoms with Crippen LogP contribution in [0.2, 0.25) is 0 Å². The fourth-order valence-corrected chi connectivity index (χ4v) is 4.49. The third-order valence-electron chi connectivity index (χ3n) is 5.37. The van der Waals surface area contributed by atoms with Gasteiger partial charge in [0, 0.05) is 24.9 Å². The summed E-state index contributed by atoms with van der Waals surface area (Å²) in [6.45, 7) is 2.47. The van der Waals surface area contributed by atoms with Gasteiger partial charge in [-0.3, -0.25) is 15.0 Å². The number of likely N-dealkylation sites (tertiary alicyclic amines) is 1. The maximum absolute atomic E-state index is 13.7. The van der Waals surface area contributed by atoms with Crippen molar-refractivity contribution < 1.29 is 22.4 Å². The molecular weight excluding hydrogens is 479 g/mol. The number of ether oxygens (including phenoxy) is 1. The van der Waals surface area contributed by atoms with Gasteiger partial charge in [-0.15, -0.1) is 0 Å². The first-order chi connectivity index (χ1) is 16.8. The third kappa shape index (κ3) is 7.10. The number of nitrogens with zero attached hydrogens (tertiary/aromatic N) is 2. The van der Waals surface area contributed by atoms with Gasteiger partial charge in [0.05, 0.1) is 11.8 Å². The van der Waals surface area contributed by atoms with Gasteiger partial charge in [0.1, 0.15) is 18.0 Å². The Morgan fingerprint density at radius 3 is 2.80 bits per heavy atom. The maximum Gasteiger partial charge on any atom is 0.276 e. The molecule has 0 spiro atoms. The van der Waals surface area contributed by atoms with Crippen LogP contribution in [0.3, 0.4) is 0 Å². The number of guanidine groups is 1. The van der Waals surface area contributed by atoms with E-state index >= 15 is 0 Å². The molecule has 1 aromatic heterocycles. The molecule has 1 aromatic carbocycles. The Morgan fingerprint density at radius 1 is 1.31 bits per heavy atom. The average molecular weight is 509 g/mol. The SMILES string of the molecule is CCOC1C(NC(=O)Cn2cccc(NOS(=O)Cc3ccccc3F)c2=O)CCCN1C(=N)N. The molecule has 190 valence electrons. The zero-order valence-electron chi connectivity index (χ0n) is 19.2. The van der Waals surface area contributed by atoms with Crippen LogP contribution in [0.5, 0.6) is 0 Å². The molecule has 0 saturated carbocycles. The number of halogens is 1. The number of pyridine rings is 1. The van der Waals surface area contributed by atoms with Gasteiger partial charge in [-0.05, 0) is 38.0 Å². The van der Waals surface area contributed by atoms with Gasteiger partial charge in [-0.25, -0.2) is 14.1 Å². The van der Waals surface area contributed by atoms with Gasteiger partial charge >= 0.3 is 0 Å². The monoisotopic (exact) mass is 508 g/mol. The van der Waals surface area contributed by atoms with Crippen molar-refractivity contribution in [1.29, 1.82) is 5.41 Å². The van der Waals surface area contributed by atoms with E-state index in [-0.39, 0.29) is 29.5 Å². The van der Waals surface area contributed by atoms with Crippen molar-refractivity contribution >= 4 is 28.6 Å². The zero-order chi connectivity index (χ0) is 25.4. The number of nitrogens with two attached hydrogens (primary N) is 1. The van der Waals surface area contributed by atoms with Crippen molar-refractivity contribution in [1.82, 2.24) is 14.8 Å². The summed E-state index contributed by atoms with van der Waals surface area (Å²) < 4.78 is 37.7. The first-order valence-electron chi connectivity index (χ1n) is 11.1. The minimum Gasteiger partial charge on any atom is -0.370 e. The van der Waals surface area contributed by atoms with Crippen LogP contribution < -0.4 is 22.1 Å². The summed E-state index contributed by atoms with van der Waals surface area (Å²) in [5.41, 5.74) is 7.60. The highest BCUT2D eigenvalue weighted by Crippen LogP contribution is 2.18. The van der Waals surface area contributed by atoms with Crippen molar-refractivity contribution in [3.63, 3.8) is 0 Å². The van der Waals surface area contributed by atoms with E-state index in [1.165, 1.54) is 41.1 Å². The standard InChI is InChI=1S/C22H29FN6O5S/c1-2-33-21-18(10-6-12-29(21)22(24)25)26-19(30)13-28-11-5-9-17(20(28)31)27-34-35(32)14-15-7-3-4-8-16(15)23/h3-5,7-9,11,18,21,27H,2,6,10,12-14H2,1H3,(H3,24,25)(H,26,30). The fourth-order valence-electron chi connectivity index (χ4n) is 3.76. The molecular formula is C22H29FN6O5S. The van der Waals surface area contributed by atoms with Crippen LogP contribution in [-0.2, 0) is 37.2 Å². The molecule has 2 aromatic rings. The highest BCUT2D eigenvalue weighted by molar-refractivity contribution is 7.79. The van der Waals surface area contributed by atoms with Gasteiger partial charge in [0.25, 0.3) is 5.56 Å². The van der Waals surface area contributed by atoms with E-state index in [2.05, 4.69) is 10.8 Å². The number of anilines is 1. The Hall–Kier alpha value is -3.29. The van der Waals surface area contributed by atoms with Crippen molar-refractivity contribution in [2.45, 2.75) is 44.3 Å². The first kappa shape index (κ1) is 26.3. The summed E-state index contributed by atoms with van der Waals surface area (Å²) in [7, 11) is 0. The van der Waals surface area contributed by atoms with Crippen molar-refractivity contribution in [2.24, 2.45) is 5.73 Å². The fraction of sp³-hybridized carbons (Fsp3) is 0.409. The Balaban J connectivity index is 1.60. The molecule has 2 heterocycles. The number of benzene rings is 1. The predicted molar refractivity (Wildman–Crippen MR) is 129 cm³/mol. The Bertz CT molecular complexity index is 1130. The van der Waals surface area contributed by atoms with Crippen LogP contribution in [0, 0.1) is 11.2 Å². The predicted octanol–water partition coefficient (Wildman–Crippen LogP) is 1.03. The number of carbonyl (C=O) groups is 1. The average Bonchev–Trinajstić information content (AvgIpc) is 2.82. The minimum atomic E-state index is -1.95. The van der Waals surface area contributed by atoms with Gasteiger partial charge in [-0.1, -0.05) is 18.2 Å². The molecule has 1 aliphatic rings. The third-order valence-corrected chi connectivity index (χ3v) is 6.18. The van der Waals surface area contributed by atoms with Gasteiger partial charge in [0.2, 0.25) is 5.91 Å². The lowest BCUT2D eigenvalue weighted by atomic mass is 10.0. The van der Waals surface area contributed by atoms with E-state index < -0.39 is 40.6 Å². The van der Waals surface area contributed by atoms with Crippen molar-refractivity contribution in [3.05, 3.63) is 64.3 Å². The molecule has 3 rings (SSSR count). The maximum atomic E-state index is 13.7. The lowest BCUT2D eigenvalue weighted by Crippen LogP contribution is -2.59. The Labute approximate surface area is 204 Å². The second-order valence-corrected chi connectivity index (χ2v) is 8.88. The number of piperidine rings is 1. The number of rotatable bonds is 10. The molecule has 1 saturated heterocycles. The van der Waals surface area contributed by atoms with Gasteiger partial charge in [0.15, 0.2) is 23.3 Å². The molecule has 3 atom stereocenters. The van der Waals surface area contributed by atoms with Crippen LogP contribution in [0.4, 0.5) is 10.1 Å². The van der Waals surface area contributed by atoms with E-state index in [1.54, 1.807) is 11.0 Å². The topological polar surface area (TPSA) is 152 Å². The van der Waals surface area contributed by atoms with Gasteiger partial charge < -0.3 is 25.3 Å². The molecule has 11 nitrogen and oxygen atoms in total. The van der Waals surface area contributed by atoms with Crippen LogP contribution in [0.15, 0.2) is 47.4 Å². The van der Waals surface area contributed by atoms with Gasteiger partial charge in [-0.2, -0.15) is 4.28 Å². The summed E-state index contributed by atoms with van der Waals surface area (Å²) >= 11 is -1.95. The molecule has 0 radical (unpaired) electrons. The van der Waals surface area contributed by atoms with Crippen molar-refractivity contribution in [2.75, 3.05) is 18.6 Å². The van der Waals surface area contributed by atoms with E-state index in [0.29, 0.717) is 19.6 Å². The van der Waals surface area contributed by atoms with E-state index in [9.17, 15) is 18.2 Å². The second-order valence-electron chi connectivity index (χ2n) is 7.82. The highest BCUT2D eigenvalue weighted by atomic mass is 32.2. The van der Waals surface area contributed by atoms with E-state index in [4.69, 9.17) is 20.2 Å². The van der Waals surface area contributed by atoms with Crippen LogP contribution in [-0.4, -0.2) is 51.0 Å². The largest absolute Gasteiger partial charge is 0.370 e. The Kier molecular flexibility index (Phi) is 9.34. The summed E-state index contributed by atoms with van der Waals surface area (Å²) in [6, 6.07) is 8.42. The molecule has 0 aliphatic carbocycles. The summed E-state index contributed by atoms with van der Waals surface area (Å²) in [4.78, 5) is 27.0. The molecule has 0 bridgehead atoms. The van der Waals surface area contributed by atoms with Crippen LogP contribution in [0.25, 0.3) is 0 Å². The summed E-state index contributed by atoms with van der Waals surface area (Å²) in [5, 5.41) is 10.6. The number of hydrogen-bond acceptors (Lipinski definition) is 7. The minimum absolute atomic E-state index is 0.0326. The molecule has 1 aliphatic heterocycles. The second kappa shape index (κ2) is 12.4. The van der Waals surface area contributed by atoms with E-state index in [0.717, 1.165) is 6.42 Å².